The first-order valence-electron chi connectivity index (χ1n) is 7.68. The Balaban J connectivity index is 1.79. The molecule has 1 aromatic heterocycles. The third-order valence-electron chi connectivity index (χ3n) is 4.53. The Morgan fingerprint density at radius 2 is 2.14 bits per heavy atom. The fraction of sp³-hybridized carbons (Fsp3) is 0.471. The van der Waals surface area contributed by atoms with Crippen LogP contribution >= 0.6 is 0 Å². The lowest BCUT2D eigenvalue weighted by atomic mass is 10.00. The molecule has 2 atom stereocenters. The topological polar surface area (TPSA) is 56.9 Å². The maximum absolute atomic E-state index is 12.4. The van der Waals surface area contributed by atoms with E-state index in [1.165, 1.54) is 5.56 Å². The number of rotatable bonds is 2. The highest BCUT2D eigenvalue weighted by atomic mass is 16.1. The number of piperidine rings is 1. The van der Waals surface area contributed by atoms with Gasteiger partial charge in [-0.1, -0.05) is 0 Å². The maximum atomic E-state index is 12.4. The lowest BCUT2D eigenvalue weighted by molar-refractivity contribution is 0.0926. The Morgan fingerprint density at radius 3 is 2.90 bits per heavy atom. The van der Waals surface area contributed by atoms with E-state index < -0.39 is 0 Å². The molecule has 2 aromatic rings. The van der Waals surface area contributed by atoms with E-state index in [-0.39, 0.29) is 11.9 Å². The van der Waals surface area contributed by atoms with Gasteiger partial charge in [-0.05, 0) is 63.9 Å². The molecule has 3 N–H and O–H groups in total. The van der Waals surface area contributed by atoms with Crippen molar-refractivity contribution in [3.05, 3.63) is 35.0 Å². The summed E-state index contributed by atoms with van der Waals surface area (Å²) in [5.74, 6) is 0.0363. The quantitative estimate of drug-likeness (QED) is 0.794. The molecule has 2 unspecified atom stereocenters. The van der Waals surface area contributed by atoms with Gasteiger partial charge in [-0.2, -0.15) is 0 Å². The van der Waals surface area contributed by atoms with Crippen molar-refractivity contribution in [1.82, 2.24) is 15.6 Å². The van der Waals surface area contributed by atoms with Gasteiger partial charge in [-0.15, -0.1) is 0 Å². The molecule has 21 heavy (non-hydrogen) atoms. The van der Waals surface area contributed by atoms with E-state index in [9.17, 15) is 4.79 Å². The predicted molar refractivity (Wildman–Crippen MR) is 85.7 cm³/mol. The van der Waals surface area contributed by atoms with E-state index in [2.05, 4.69) is 36.4 Å². The summed E-state index contributed by atoms with van der Waals surface area (Å²) in [6, 6.07) is 6.64. The van der Waals surface area contributed by atoms with Crippen molar-refractivity contribution >= 4 is 16.8 Å². The van der Waals surface area contributed by atoms with E-state index in [1.807, 2.05) is 18.2 Å². The van der Waals surface area contributed by atoms with Crippen molar-refractivity contribution in [1.29, 1.82) is 0 Å². The number of fused-ring (bicyclic) bond motifs is 1. The van der Waals surface area contributed by atoms with Crippen LogP contribution in [0.1, 0.15) is 41.4 Å². The Labute approximate surface area is 125 Å². The summed E-state index contributed by atoms with van der Waals surface area (Å²) in [5.41, 5.74) is 4.22. The molecule has 0 aliphatic carbocycles. The summed E-state index contributed by atoms with van der Waals surface area (Å²) >= 11 is 0. The van der Waals surface area contributed by atoms with Crippen molar-refractivity contribution in [2.75, 3.05) is 6.54 Å². The zero-order chi connectivity index (χ0) is 15.0. The van der Waals surface area contributed by atoms with Crippen molar-refractivity contribution in [2.24, 2.45) is 0 Å². The number of aromatic nitrogens is 1. The average Bonchev–Trinajstić information content (AvgIpc) is 2.74. The highest BCUT2D eigenvalue weighted by molar-refractivity contribution is 5.99. The van der Waals surface area contributed by atoms with Gasteiger partial charge in [0, 0.05) is 34.2 Å². The first-order chi connectivity index (χ1) is 10.0. The highest BCUT2D eigenvalue weighted by Gasteiger charge is 2.20. The van der Waals surface area contributed by atoms with Crippen LogP contribution in [0.3, 0.4) is 0 Å². The van der Waals surface area contributed by atoms with E-state index in [0.29, 0.717) is 6.04 Å². The molecule has 4 nitrogen and oxygen atoms in total. The number of hydrogen-bond acceptors (Lipinski definition) is 2. The summed E-state index contributed by atoms with van der Waals surface area (Å²) in [7, 11) is 0. The third kappa shape index (κ3) is 2.81. The fourth-order valence-electron chi connectivity index (χ4n) is 3.13. The van der Waals surface area contributed by atoms with Crippen LogP contribution in [0, 0.1) is 13.8 Å². The molecule has 1 aliphatic rings. The van der Waals surface area contributed by atoms with Gasteiger partial charge < -0.3 is 15.6 Å². The number of nitrogens with one attached hydrogen (secondary N) is 3. The van der Waals surface area contributed by atoms with Gasteiger partial charge >= 0.3 is 0 Å². The molecular weight excluding hydrogens is 262 g/mol. The summed E-state index contributed by atoms with van der Waals surface area (Å²) in [6.07, 6.45) is 2.00. The minimum atomic E-state index is 0.0363. The Bertz CT molecular complexity index is 674. The number of carbonyl (C=O) groups excluding carboxylic acids is 1. The predicted octanol–water partition coefficient (Wildman–Crippen LogP) is 2.66. The average molecular weight is 285 g/mol. The highest BCUT2D eigenvalue weighted by Crippen LogP contribution is 2.22. The van der Waals surface area contributed by atoms with Crippen LogP contribution in [-0.4, -0.2) is 29.5 Å². The van der Waals surface area contributed by atoms with Crippen LogP contribution in [0.15, 0.2) is 18.2 Å². The first-order valence-corrected chi connectivity index (χ1v) is 7.68. The number of carbonyl (C=O) groups is 1. The Morgan fingerprint density at radius 1 is 1.33 bits per heavy atom. The second kappa shape index (κ2) is 5.53. The molecule has 4 heteroatoms. The van der Waals surface area contributed by atoms with Crippen molar-refractivity contribution in [3.63, 3.8) is 0 Å². The van der Waals surface area contributed by atoms with Crippen molar-refractivity contribution < 1.29 is 4.79 Å². The molecule has 1 aromatic carbocycles. The molecule has 3 rings (SSSR count). The van der Waals surface area contributed by atoms with Crippen LogP contribution in [0.2, 0.25) is 0 Å². The van der Waals surface area contributed by atoms with E-state index in [1.54, 1.807) is 0 Å². The number of hydrogen-bond donors (Lipinski definition) is 3. The smallest absolute Gasteiger partial charge is 0.251 e. The monoisotopic (exact) mass is 285 g/mol. The van der Waals surface area contributed by atoms with Gasteiger partial charge in [0.15, 0.2) is 0 Å². The molecule has 1 amide bonds. The van der Waals surface area contributed by atoms with Crippen LogP contribution in [0.4, 0.5) is 0 Å². The Kier molecular flexibility index (Phi) is 3.72. The van der Waals surface area contributed by atoms with E-state index in [4.69, 9.17) is 0 Å². The van der Waals surface area contributed by atoms with Crippen LogP contribution in [0.5, 0.6) is 0 Å². The van der Waals surface area contributed by atoms with Crippen LogP contribution in [-0.2, 0) is 0 Å². The second-order valence-corrected chi connectivity index (χ2v) is 6.19. The molecule has 1 aliphatic heterocycles. The number of H-pyrrole nitrogens is 1. The lowest BCUT2D eigenvalue weighted by Crippen LogP contribution is -2.46. The van der Waals surface area contributed by atoms with Gasteiger partial charge in [-0.25, -0.2) is 0 Å². The molecule has 0 spiro atoms. The minimum absolute atomic E-state index is 0.0363. The normalized spacial score (nSPS) is 22.4. The summed E-state index contributed by atoms with van der Waals surface area (Å²) < 4.78 is 0. The fourth-order valence-corrected chi connectivity index (χ4v) is 3.13. The SMILES string of the molecule is Cc1[nH]c2ccc(C(=O)NC3CCNC(C)C3)cc2c1C. The number of aryl methyl sites for hydroxylation is 2. The molecule has 1 fully saturated rings. The van der Waals surface area contributed by atoms with Gasteiger partial charge in [0.1, 0.15) is 0 Å². The molecular formula is C17H23N3O. The van der Waals surface area contributed by atoms with Crippen molar-refractivity contribution in [3.8, 4) is 0 Å². The lowest BCUT2D eigenvalue weighted by Gasteiger charge is -2.28. The standard InChI is InChI=1S/C17H23N3O/c1-10-8-14(6-7-18-10)20-17(21)13-4-5-16-15(9-13)11(2)12(3)19-16/h4-5,9-10,14,18-19H,6-8H2,1-3H3,(H,20,21). The summed E-state index contributed by atoms with van der Waals surface area (Å²) in [6.45, 7) is 7.29. The number of benzene rings is 1. The van der Waals surface area contributed by atoms with Gasteiger partial charge in [-0.3, -0.25) is 4.79 Å². The number of aromatic amines is 1. The zero-order valence-electron chi connectivity index (χ0n) is 12.9. The van der Waals surface area contributed by atoms with Crippen LogP contribution in [0.25, 0.3) is 10.9 Å². The van der Waals surface area contributed by atoms with Gasteiger partial charge in [0.25, 0.3) is 5.91 Å². The molecule has 0 bridgehead atoms. The second-order valence-electron chi connectivity index (χ2n) is 6.19. The largest absolute Gasteiger partial charge is 0.358 e. The molecule has 2 heterocycles. The molecule has 0 radical (unpaired) electrons. The van der Waals surface area contributed by atoms with E-state index in [0.717, 1.165) is 41.5 Å². The third-order valence-corrected chi connectivity index (χ3v) is 4.53. The minimum Gasteiger partial charge on any atom is -0.358 e. The van der Waals surface area contributed by atoms with Crippen LogP contribution < -0.4 is 10.6 Å². The summed E-state index contributed by atoms with van der Waals surface area (Å²) in [5, 5.41) is 7.71. The zero-order valence-corrected chi connectivity index (χ0v) is 12.9. The first kappa shape index (κ1) is 14.1. The van der Waals surface area contributed by atoms with Gasteiger partial charge in [0.2, 0.25) is 0 Å². The summed E-state index contributed by atoms with van der Waals surface area (Å²) in [4.78, 5) is 15.8. The van der Waals surface area contributed by atoms with Crippen molar-refractivity contribution in [2.45, 2.75) is 45.7 Å². The van der Waals surface area contributed by atoms with Gasteiger partial charge in [0.05, 0.1) is 0 Å². The molecule has 1 saturated heterocycles. The maximum Gasteiger partial charge on any atom is 0.251 e. The number of amides is 1. The molecule has 112 valence electrons. The van der Waals surface area contributed by atoms with E-state index >= 15 is 0 Å². The Hall–Kier alpha value is -1.81. The molecule has 0 saturated carbocycles.